The van der Waals surface area contributed by atoms with Crippen LogP contribution in [0, 0.1) is 0 Å². The molecule has 0 radical (unpaired) electrons. The number of fused-ring (bicyclic) bond motifs is 1. The molecule has 0 bridgehead atoms. The lowest BCUT2D eigenvalue weighted by Gasteiger charge is -2.29. The summed E-state index contributed by atoms with van der Waals surface area (Å²) in [6.07, 6.45) is 7.77. The molecule has 2 saturated heterocycles. The van der Waals surface area contributed by atoms with E-state index in [0.29, 0.717) is 6.04 Å². The lowest BCUT2D eigenvalue weighted by atomic mass is 9.91. The van der Waals surface area contributed by atoms with Crippen LogP contribution in [0.5, 0.6) is 0 Å². The van der Waals surface area contributed by atoms with Crippen molar-refractivity contribution in [3.63, 3.8) is 0 Å². The second-order valence-corrected chi connectivity index (χ2v) is 8.64. The van der Waals surface area contributed by atoms with E-state index in [1.54, 1.807) is 0 Å². The van der Waals surface area contributed by atoms with Crippen LogP contribution < -0.4 is 5.32 Å². The van der Waals surface area contributed by atoms with Crippen LogP contribution in [0.4, 0.5) is 0 Å². The molecule has 1 amide bonds. The summed E-state index contributed by atoms with van der Waals surface area (Å²) in [7, 11) is 0. The van der Waals surface area contributed by atoms with Crippen LogP contribution in [0.3, 0.4) is 0 Å². The molecule has 1 N–H and O–H groups in total. The number of aromatic nitrogens is 2. The highest BCUT2D eigenvalue weighted by Gasteiger charge is 2.31. The van der Waals surface area contributed by atoms with Gasteiger partial charge in [0.15, 0.2) is 5.69 Å². The van der Waals surface area contributed by atoms with Crippen LogP contribution in [0.15, 0.2) is 0 Å². The van der Waals surface area contributed by atoms with Gasteiger partial charge in [0.25, 0.3) is 5.91 Å². The topological polar surface area (TPSA) is 62.6 Å². The molecule has 2 aliphatic heterocycles. The minimum atomic E-state index is 0.157. The van der Waals surface area contributed by atoms with E-state index in [9.17, 15) is 4.79 Å². The molecule has 0 spiro atoms. The molecule has 3 heterocycles. The maximum Gasteiger partial charge on any atom is 0.274 e. The quantitative estimate of drug-likeness (QED) is 0.783. The van der Waals surface area contributed by atoms with Gasteiger partial charge in [-0.25, -0.2) is 0 Å². The third-order valence-electron chi connectivity index (χ3n) is 6.71. The Morgan fingerprint density at radius 1 is 1.14 bits per heavy atom. The number of ether oxygens (including phenoxy) is 1. The van der Waals surface area contributed by atoms with E-state index in [1.165, 1.54) is 24.1 Å². The van der Waals surface area contributed by atoms with Gasteiger partial charge < -0.3 is 15.0 Å². The molecule has 29 heavy (non-hydrogen) atoms. The average molecular weight is 404 g/mol. The number of carbonyl (C=O) groups is 1. The SMILES string of the molecule is CCn1nc(C(=O)N2CCCCCC2)c2c1CCC(NCCN1CCOCC1)C2. The zero-order valence-corrected chi connectivity index (χ0v) is 18.0. The van der Waals surface area contributed by atoms with E-state index in [0.717, 1.165) is 96.8 Å². The Balaban J connectivity index is 1.40. The van der Waals surface area contributed by atoms with E-state index < -0.39 is 0 Å². The number of carbonyl (C=O) groups excluding carboxylic acids is 1. The minimum Gasteiger partial charge on any atom is -0.379 e. The molecule has 1 unspecified atom stereocenters. The zero-order valence-electron chi connectivity index (χ0n) is 18.0. The van der Waals surface area contributed by atoms with Crippen LogP contribution >= 0.6 is 0 Å². The Labute approximate surface area is 174 Å². The first-order chi connectivity index (χ1) is 14.3. The van der Waals surface area contributed by atoms with Gasteiger partial charge in [-0.2, -0.15) is 5.10 Å². The van der Waals surface area contributed by atoms with E-state index in [1.807, 2.05) is 4.90 Å². The summed E-state index contributed by atoms with van der Waals surface area (Å²) in [6, 6.07) is 0.439. The van der Waals surface area contributed by atoms with E-state index in [2.05, 4.69) is 21.8 Å². The molecule has 1 atom stereocenters. The van der Waals surface area contributed by atoms with Crippen LogP contribution in [0.2, 0.25) is 0 Å². The summed E-state index contributed by atoms with van der Waals surface area (Å²) in [4.78, 5) is 17.8. The van der Waals surface area contributed by atoms with E-state index in [4.69, 9.17) is 9.84 Å². The van der Waals surface area contributed by atoms with Gasteiger partial charge in [-0.05, 0) is 39.0 Å². The molecular weight excluding hydrogens is 366 g/mol. The number of nitrogens with one attached hydrogen (secondary N) is 1. The number of morpholine rings is 1. The van der Waals surface area contributed by atoms with Crippen molar-refractivity contribution < 1.29 is 9.53 Å². The zero-order chi connectivity index (χ0) is 20.1. The average Bonchev–Trinajstić information content (AvgIpc) is 2.92. The summed E-state index contributed by atoms with van der Waals surface area (Å²) in [5.41, 5.74) is 3.22. The summed E-state index contributed by atoms with van der Waals surface area (Å²) in [5, 5.41) is 8.53. The number of nitrogens with zero attached hydrogens (tertiary/aromatic N) is 4. The lowest BCUT2D eigenvalue weighted by molar-refractivity contribution is 0.0381. The molecule has 0 aromatic carbocycles. The second-order valence-electron chi connectivity index (χ2n) is 8.64. The second kappa shape index (κ2) is 10.0. The van der Waals surface area contributed by atoms with Crippen molar-refractivity contribution in [3.05, 3.63) is 17.0 Å². The molecule has 2 fully saturated rings. The Bertz CT molecular complexity index is 675. The molecule has 1 aromatic heterocycles. The number of hydrogen-bond acceptors (Lipinski definition) is 5. The fourth-order valence-corrected chi connectivity index (χ4v) is 4.97. The molecule has 4 rings (SSSR count). The van der Waals surface area contributed by atoms with Crippen molar-refractivity contribution in [1.82, 2.24) is 24.9 Å². The number of hydrogen-bond donors (Lipinski definition) is 1. The molecule has 3 aliphatic rings. The minimum absolute atomic E-state index is 0.157. The summed E-state index contributed by atoms with van der Waals surface area (Å²) in [6.45, 7) is 10.6. The Kier molecular flexibility index (Phi) is 7.21. The normalized spacial score (nSPS) is 23.6. The molecular formula is C22H37N5O2. The predicted octanol–water partition coefficient (Wildman–Crippen LogP) is 1.70. The first-order valence-corrected chi connectivity index (χ1v) is 11.7. The number of amides is 1. The van der Waals surface area contributed by atoms with Crippen molar-refractivity contribution in [3.8, 4) is 0 Å². The molecule has 162 valence electrons. The van der Waals surface area contributed by atoms with Crippen molar-refractivity contribution in [1.29, 1.82) is 0 Å². The van der Waals surface area contributed by atoms with Gasteiger partial charge in [-0.15, -0.1) is 0 Å². The van der Waals surface area contributed by atoms with Gasteiger partial charge >= 0.3 is 0 Å². The number of rotatable bonds is 6. The molecule has 7 heteroatoms. The third kappa shape index (κ3) is 5.01. The largest absolute Gasteiger partial charge is 0.379 e. The molecule has 0 saturated carbocycles. The van der Waals surface area contributed by atoms with E-state index in [-0.39, 0.29) is 5.91 Å². The lowest BCUT2D eigenvalue weighted by Crippen LogP contribution is -2.43. The van der Waals surface area contributed by atoms with Crippen molar-refractivity contribution in [2.45, 2.75) is 64.5 Å². The van der Waals surface area contributed by atoms with Crippen LogP contribution in [0.1, 0.15) is 60.8 Å². The third-order valence-corrected chi connectivity index (χ3v) is 6.71. The van der Waals surface area contributed by atoms with E-state index >= 15 is 0 Å². The predicted molar refractivity (Wildman–Crippen MR) is 113 cm³/mol. The summed E-state index contributed by atoms with van der Waals surface area (Å²) >= 11 is 0. The van der Waals surface area contributed by atoms with Crippen LogP contribution in [-0.2, 0) is 24.1 Å². The monoisotopic (exact) mass is 403 g/mol. The highest BCUT2D eigenvalue weighted by atomic mass is 16.5. The highest BCUT2D eigenvalue weighted by Crippen LogP contribution is 2.26. The van der Waals surface area contributed by atoms with Crippen molar-refractivity contribution in [2.24, 2.45) is 0 Å². The highest BCUT2D eigenvalue weighted by molar-refractivity contribution is 5.94. The molecule has 1 aromatic rings. The van der Waals surface area contributed by atoms with Gasteiger partial charge in [0.2, 0.25) is 0 Å². The van der Waals surface area contributed by atoms with Crippen molar-refractivity contribution in [2.75, 3.05) is 52.5 Å². The van der Waals surface area contributed by atoms with Gasteiger partial charge in [0, 0.05) is 63.1 Å². The van der Waals surface area contributed by atoms with Gasteiger partial charge in [-0.3, -0.25) is 14.4 Å². The van der Waals surface area contributed by atoms with Crippen LogP contribution in [0.25, 0.3) is 0 Å². The Morgan fingerprint density at radius 3 is 2.62 bits per heavy atom. The fourth-order valence-electron chi connectivity index (χ4n) is 4.97. The summed E-state index contributed by atoms with van der Waals surface area (Å²) < 4.78 is 7.51. The first kappa shape index (κ1) is 20.8. The van der Waals surface area contributed by atoms with Gasteiger partial charge in [0.1, 0.15) is 0 Å². The summed E-state index contributed by atoms with van der Waals surface area (Å²) in [5.74, 6) is 0.157. The maximum absolute atomic E-state index is 13.3. The Morgan fingerprint density at radius 2 is 1.90 bits per heavy atom. The maximum atomic E-state index is 13.3. The van der Waals surface area contributed by atoms with Gasteiger partial charge in [0.05, 0.1) is 13.2 Å². The standard InChI is InChI=1S/C22H37N5O2/c1-2-27-20-8-7-18(23-9-12-25-13-15-29-16-14-25)17-19(20)21(24-27)22(28)26-10-5-3-4-6-11-26/h18,23H,2-17H2,1H3. The molecule has 1 aliphatic carbocycles. The van der Waals surface area contributed by atoms with Gasteiger partial charge in [-0.1, -0.05) is 12.8 Å². The fraction of sp³-hybridized carbons (Fsp3) is 0.818. The number of aryl methyl sites for hydroxylation is 1. The molecule has 7 nitrogen and oxygen atoms in total. The number of likely N-dealkylation sites (tertiary alicyclic amines) is 1. The van der Waals surface area contributed by atoms with Crippen LogP contribution in [-0.4, -0.2) is 84.0 Å². The van der Waals surface area contributed by atoms with Crippen molar-refractivity contribution >= 4 is 5.91 Å². The Hall–Kier alpha value is -1.44. The first-order valence-electron chi connectivity index (χ1n) is 11.7. The smallest absolute Gasteiger partial charge is 0.274 e.